The van der Waals surface area contributed by atoms with Crippen LogP contribution in [0.5, 0.6) is 5.75 Å². The lowest BCUT2D eigenvalue weighted by Crippen LogP contribution is -2.41. The second kappa shape index (κ2) is 4.86. The van der Waals surface area contributed by atoms with Crippen LogP contribution in [0.3, 0.4) is 0 Å². The van der Waals surface area contributed by atoms with Gasteiger partial charge in [-0.2, -0.15) is 0 Å². The smallest absolute Gasteiger partial charge is 0.507 e. The summed E-state index contributed by atoms with van der Waals surface area (Å²) in [4.78, 5) is 15.5. The molecule has 20 heavy (non-hydrogen) atoms. The van der Waals surface area contributed by atoms with E-state index in [0.29, 0.717) is 11.3 Å². The molecule has 0 bridgehead atoms. The van der Waals surface area contributed by atoms with Gasteiger partial charge in [0.15, 0.2) is 0 Å². The molecule has 1 aromatic heterocycles. The van der Waals surface area contributed by atoms with E-state index >= 15 is 0 Å². The standard InChI is InChI=1S/C14H20BNO4/c1-9(17)8-10-6-7-11(18)12(16-10)15-19-13(2,3)14(4,5)20-15/h6-7,18H,8H2,1-5H3. The molecule has 0 spiro atoms. The lowest BCUT2D eigenvalue weighted by molar-refractivity contribution is -0.116. The number of carbonyl (C=O) groups excluding carboxylic acids is 1. The third-order valence-corrected chi connectivity index (χ3v) is 3.87. The van der Waals surface area contributed by atoms with Crippen LogP contribution in [0.4, 0.5) is 0 Å². The summed E-state index contributed by atoms with van der Waals surface area (Å²) in [6.45, 7) is 9.24. The number of hydrogen-bond acceptors (Lipinski definition) is 5. The Labute approximate surface area is 119 Å². The SMILES string of the molecule is CC(=O)Cc1ccc(O)c(B2OC(C)(C)C(C)(C)O2)n1. The molecule has 0 aliphatic carbocycles. The van der Waals surface area contributed by atoms with E-state index < -0.39 is 18.3 Å². The Bertz CT molecular complexity index is 526. The molecule has 1 aliphatic rings. The summed E-state index contributed by atoms with van der Waals surface area (Å²) in [5, 5.41) is 9.96. The van der Waals surface area contributed by atoms with Gasteiger partial charge in [-0.1, -0.05) is 0 Å². The highest BCUT2D eigenvalue weighted by Gasteiger charge is 2.53. The maximum Gasteiger partial charge on any atom is 0.518 e. The van der Waals surface area contributed by atoms with Crippen LogP contribution in [0.15, 0.2) is 12.1 Å². The van der Waals surface area contributed by atoms with Gasteiger partial charge in [-0.3, -0.25) is 9.78 Å². The highest BCUT2D eigenvalue weighted by Crippen LogP contribution is 2.36. The molecule has 1 N–H and O–H groups in total. The van der Waals surface area contributed by atoms with Gasteiger partial charge in [-0.05, 0) is 46.8 Å². The van der Waals surface area contributed by atoms with Crippen molar-refractivity contribution in [2.24, 2.45) is 0 Å². The molecular weight excluding hydrogens is 257 g/mol. The predicted octanol–water partition coefficient (Wildman–Crippen LogP) is 1.22. The summed E-state index contributed by atoms with van der Waals surface area (Å²) in [6, 6.07) is 3.15. The van der Waals surface area contributed by atoms with Crippen LogP contribution in [0.1, 0.15) is 40.3 Å². The zero-order valence-electron chi connectivity index (χ0n) is 12.6. The van der Waals surface area contributed by atoms with Crippen molar-refractivity contribution >= 4 is 18.5 Å². The topological polar surface area (TPSA) is 68.7 Å². The van der Waals surface area contributed by atoms with E-state index in [4.69, 9.17) is 9.31 Å². The summed E-state index contributed by atoms with van der Waals surface area (Å²) in [5.74, 6) is 0.0267. The molecule has 5 nitrogen and oxygen atoms in total. The minimum atomic E-state index is -0.730. The van der Waals surface area contributed by atoms with Crippen LogP contribution in [0, 0.1) is 0 Å². The first-order valence-electron chi connectivity index (χ1n) is 6.66. The summed E-state index contributed by atoms with van der Waals surface area (Å²) in [7, 11) is -0.730. The van der Waals surface area contributed by atoms with E-state index in [1.807, 2.05) is 27.7 Å². The van der Waals surface area contributed by atoms with Gasteiger partial charge in [0, 0.05) is 12.1 Å². The Kier molecular flexibility index (Phi) is 3.65. The van der Waals surface area contributed by atoms with Crippen LogP contribution >= 0.6 is 0 Å². The number of ketones is 1. The molecule has 1 saturated heterocycles. The van der Waals surface area contributed by atoms with Gasteiger partial charge in [-0.15, -0.1) is 0 Å². The van der Waals surface area contributed by atoms with Gasteiger partial charge in [0.05, 0.1) is 11.2 Å². The van der Waals surface area contributed by atoms with Crippen molar-refractivity contribution in [3.05, 3.63) is 17.8 Å². The molecule has 0 unspecified atom stereocenters. The second-order valence-electron chi connectivity index (χ2n) is 6.17. The number of aromatic hydroxyl groups is 1. The fraction of sp³-hybridized carbons (Fsp3) is 0.571. The Morgan fingerprint density at radius 3 is 2.30 bits per heavy atom. The largest absolute Gasteiger partial charge is 0.518 e. The second-order valence-corrected chi connectivity index (χ2v) is 6.17. The number of pyridine rings is 1. The van der Waals surface area contributed by atoms with Gasteiger partial charge in [0.25, 0.3) is 0 Å². The van der Waals surface area contributed by atoms with Crippen molar-refractivity contribution in [2.45, 2.75) is 52.2 Å². The maximum atomic E-state index is 11.2. The van der Waals surface area contributed by atoms with Gasteiger partial charge in [-0.25, -0.2) is 0 Å². The van der Waals surface area contributed by atoms with Gasteiger partial charge >= 0.3 is 7.12 Å². The minimum absolute atomic E-state index is 0.0100. The zero-order chi connectivity index (χ0) is 15.1. The maximum absolute atomic E-state index is 11.2. The average Bonchev–Trinajstić information content (AvgIpc) is 2.50. The lowest BCUT2D eigenvalue weighted by atomic mass is 9.83. The molecule has 2 rings (SSSR count). The first-order chi connectivity index (χ1) is 9.12. The van der Waals surface area contributed by atoms with Crippen molar-refractivity contribution in [1.82, 2.24) is 4.98 Å². The van der Waals surface area contributed by atoms with Crippen LogP contribution in [-0.2, 0) is 20.5 Å². The van der Waals surface area contributed by atoms with E-state index in [1.165, 1.54) is 13.0 Å². The number of nitrogens with zero attached hydrogens (tertiary/aromatic N) is 1. The Morgan fingerprint density at radius 2 is 1.80 bits per heavy atom. The Morgan fingerprint density at radius 1 is 1.25 bits per heavy atom. The first-order valence-corrected chi connectivity index (χ1v) is 6.66. The minimum Gasteiger partial charge on any atom is -0.507 e. The normalized spacial score (nSPS) is 20.1. The van der Waals surface area contributed by atoms with E-state index in [2.05, 4.69) is 4.98 Å². The van der Waals surface area contributed by atoms with Crippen LogP contribution in [0.25, 0.3) is 0 Å². The molecule has 1 fully saturated rings. The van der Waals surface area contributed by atoms with E-state index in [1.54, 1.807) is 6.07 Å². The molecule has 1 aromatic rings. The van der Waals surface area contributed by atoms with Crippen LogP contribution in [-0.4, -0.2) is 34.2 Å². The summed E-state index contributed by atoms with van der Waals surface area (Å²) in [5.41, 5.74) is -0.0764. The van der Waals surface area contributed by atoms with Gasteiger partial charge in [0.1, 0.15) is 17.1 Å². The van der Waals surface area contributed by atoms with Crippen LogP contribution < -0.4 is 5.59 Å². The molecule has 2 heterocycles. The summed E-state index contributed by atoms with van der Waals surface area (Å²) < 4.78 is 11.7. The Hall–Kier alpha value is -1.40. The predicted molar refractivity (Wildman–Crippen MR) is 76.0 cm³/mol. The van der Waals surface area contributed by atoms with Crippen molar-refractivity contribution in [1.29, 1.82) is 0 Å². The molecular formula is C14H20BNO4. The molecule has 0 radical (unpaired) electrons. The number of carbonyl (C=O) groups is 1. The van der Waals surface area contributed by atoms with E-state index in [0.717, 1.165) is 0 Å². The van der Waals surface area contributed by atoms with Crippen molar-refractivity contribution in [3.63, 3.8) is 0 Å². The molecule has 0 saturated carbocycles. The monoisotopic (exact) mass is 277 g/mol. The van der Waals surface area contributed by atoms with E-state index in [-0.39, 0.29) is 18.0 Å². The molecule has 108 valence electrons. The third-order valence-electron chi connectivity index (χ3n) is 3.87. The lowest BCUT2D eigenvalue weighted by Gasteiger charge is -2.32. The molecule has 0 aromatic carbocycles. The molecule has 0 atom stereocenters. The summed E-state index contributed by atoms with van der Waals surface area (Å²) in [6.07, 6.45) is 0.229. The van der Waals surface area contributed by atoms with Crippen LogP contribution in [0.2, 0.25) is 0 Å². The number of Topliss-reactive ketones (excluding diaryl/α,β-unsaturated/α-hetero) is 1. The van der Waals surface area contributed by atoms with Crippen molar-refractivity contribution in [3.8, 4) is 5.75 Å². The zero-order valence-corrected chi connectivity index (χ0v) is 12.6. The van der Waals surface area contributed by atoms with Crippen molar-refractivity contribution < 1.29 is 19.2 Å². The number of aromatic nitrogens is 1. The molecule has 0 amide bonds. The third kappa shape index (κ3) is 2.71. The highest BCUT2D eigenvalue weighted by atomic mass is 16.7. The highest BCUT2D eigenvalue weighted by molar-refractivity contribution is 6.62. The first kappa shape index (κ1) is 15.0. The van der Waals surface area contributed by atoms with Gasteiger partial charge in [0.2, 0.25) is 0 Å². The fourth-order valence-corrected chi connectivity index (χ4v) is 1.99. The van der Waals surface area contributed by atoms with E-state index in [9.17, 15) is 9.90 Å². The Balaban J connectivity index is 2.32. The van der Waals surface area contributed by atoms with Crippen molar-refractivity contribution in [2.75, 3.05) is 0 Å². The molecule has 6 heteroatoms. The quantitative estimate of drug-likeness (QED) is 0.841. The average molecular weight is 277 g/mol. The fourth-order valence-electron chi connectivity index (χ4n) is 1.99. The summed E-state index contributed by atoms with van der Waals surface area (Å²) >= 11 is 0. The molecule has 1 aliphatic heterocycles. The van der Waals surface area contributed by atoms with Gasteiger partial charge < -0.3 is 14.4 Å². The number of hydrogen-bond donors (Lipinski definition) is 1. The number of rotatable bonds is 3.